The summed E-state index contributed by atoms with van der Waals surface area (Å²) in [6, 6.07) is 5.82. The highest BCUT2D eigenvalue weighted by atomic mass is 16.5. The van der Waals surface area contributed by atoms with Crippen molar-refractivity contribution in [1.82, 2.24) is 0 Å². The average molecular weight is 288 g/mol. The van der Waals surface area contributed by atoms with Gasteiger partial charge in [0.05, 0.1) is 12.3 Å². The topological polar surface area (TPSA) is 59.0 Å². The van der Waals surface area contributed by atoms with Crippen LogP contribution in [0.25, 0.3) is 0 Å². The molecule has 5 heteroatoms. The second-order valence-corrected chi connectivity index (χ2v) is 5.18. The molecule has 1 amide bonds. The maximum absolute atomic E-state index is 12.1. The van der Waals surface area contributed by atoms with Gasteiger partial charge in [-0.1, -0.05) is 19.1 Å². The quantitative estimate of drug-likeness (QED) is 0.800. The maximum Gasteiger partial charge on any atom is 0.354 e. The van der Waals surface area contributed by atoms with Crippen molar-refractivity contribution in [2.45, 2.75) is 40.0 Å². The smallest absolute Gasteiger partial charge is 0.354 e. The summed E-state index contributed by atoms with van der Waals surface area (Å²) in [6.07, 6.45) is 1.37. The number of hydrogen-bond acceptors (Lipinski definition) is 4. The molecule has 0 fully saturated rings. The van der Waals surface area contributed by atoms with Gasteiger partial charge < -0.3 is 4.74 Å². The third-order valence-electron chi connectivity index (χ3n) is 3.30. The summed E-state index contributed by atoms with van der Waals surface area (Å²) in [7, 11) is 0. The van der Waals surface area contributed by atoms with Crippen LogP contribution in [-0.2, 0) is 14.3 Å². The molecule has 0 spiro atoms. The molecule has 112 valence electrons. The zero-order valence-corrected chi connectivity index (χ0v) is 12.7. The number of amides is 1. The van der Waals surface area contributed by atoms with Crippen molar-refractivity contribution in [1.29, 1.82) is 0 Å². The fourth-order valence-corrected chi connectivity index (χ4v) is 2.11. The Hall–Kier alpha value is -2.17. The Morgan fingerprint density at radius 1 is 1.33 bits per heavy atom. The lowest BCUT2D eigenvalue weighted by atomic mass is 10.1. The Morgan fingerprint density at radius 2 is 2.10 bits per heavy atom. The Labute approximate surface area is 124 Å². The number of benzene rings is 1. The Kier molecular flexibility index (Phi) is 4.73. The van der Waals surface area contributed by atoms with Crippen molar-refractivity contribution < 1.29 is 14.3 Å². The van der Waals surface area contributed by atoms with Crippen LogP contribution in [0.1, 0.15) is 37.3 Å². The second kappa shape index (κ2) is 6.52. The second-order valence-electron chi connectivity index (χ2n) is 5.18. The zero-order chi connectivity index (χ0) is 15.4. The molecule has 5 nitrogen and oxygen atoms in total. The first kappa shape index (κ1) is 15.2. The molecule has 1 aliphatic heterocycles. The van der Waals surface area contributed by atoms with E-state index in [1.165, 1.54) is 5.01 Å². The molecule has 2 rings (SSSR count). The van der Waals surface area contributed by atoms with Gasteiger partial charge >= 0.3 is 5.97 Å². The third-order valence-corrected chi connectivity index (χ3v) is 3.30. The van der Waals surface area contributed by atoms with E-state index in [1.807, 2.05) is 39.0 Å². The van der Waals surface area contributed by atoms with Crippen molar-refractivity contribution in [3.05, 3.63) is 29.3 Å². The molecule has 1 aromatic rings. The summed E-state index contributed by atoms with van der Waals surface area (Å²) < 4.78 is 5.10. The SMILES string of the molecule is CCCOC(=O)C1=NN(c2cc(C)ccc2C)C(=O)CC1. The van der Waals surface area contributed by atoms with E-state index < -0.39 is 5.97 Å². The van der Waals surface area contributed by atoms with Gasteiger partial charge in [-0.15, -0.1) is 0 Å². The minimum Gasteiger partial charge on any atom is -0.461 e. The van der Waals surface area contributed by atoms with E-state index in [0.717, 1.165) is 23.2 Å². The summed E-state index contributed by atoms with van der Waals surface area (Å²) in [5.74, 6) is -0.532. The van der Waals surface area contributed by atoms with E-state index in [-0.39, 0.29) is 12.3 Å². The van der Waals surface area contributed by atoms with E-state index in [4.69, 9.17) is 4.74 Å². The monoisotopic (exact) mass is 288 g/mol. The normalized spacial score (nSPS) is 14.9. The number of anilines is 1. The fraction of sp³-hybridized carbons (Fsp3) is 0.438. The number of aryl methyl sites for hydroxylation is 2. The van der Waals surface area contributed by atoms with Crippen LogP contribution in [0.2, 0.25) is 0 Å². The minimum absolute atomic E-state index is 0.101. The highest BCUT2D eigenvalue weighted by molar-refractivity contribution is 6.38. The van der Waals surface area contributed by atoms with Crippen molar-refractivity contribution >= 4 is 23.3 Å². The highest BCUT2D eigenvalue weighted by Crippen LogP contribution is 2.25. The molecule has 0 unspecified atom stereocenters. The van der Waals surface area contributed by atoms with Crippen molar-refractivity contribution in [2.24, 2.45) is 5.10 Å². The van der Waals surface area contributed by atoms with Crippen molar-refractivity contribution in [3.63, 3.8) is 0 Å². The van der Waals surface area contributed by atoms with Gasteiger partial charge in [0.15, 0.2) is 0 Å². The van der Waals surface area contributed by atoms with Gasteiger partial charge in [-0.25, -0.2) is 4.79 Å². The van der Waals surface area contributed by atoms with Gasteiger partial charge in [0, 0.05) is 12.8 Å². The number of hydrogen-bond donors (Lipinski definition) is 0. The molecular weight excluding hydrogens is 268 g/mol. The molecule has 0 atom stereocenters. The van der Waals surface area contributed by atoms with Gasteiger partial charge in [-0.3, -0.25) is 4.79 Å². The van der Waals surface area contributed by atoms with Crippen LogP contribution in [0.5, 0.6) is 0 Å². The van der Waals surface area contributed by atoms with E-state index in [1.54, 1.807) is 0 Å². The van der Waals surface area contributed by atoms with Gasteiger partial charge in [0.2, 0.25) is 5.91 Å². The number of nitrogens with zero attached hydrogens (tertiary/aromatic N) is 2. The molecule has 1 aliphatic rings. The molecule has 0 bridgehead atoms. The standard InChI is InChI=1S/C16H20N2O3/c1-4-9-21-16(20)13-7-8-15(19)18(17-13)14-10-11(2)5-6-12(14)3/h5-6,10H,4,7-9H2,1-3H3. The zero-order valence-electron chi connectivity index (χ0n) is 12.7. The molecular formula is C16H20N2O3. The largest absolute Gasteiger partial charge is 0.461 e. The van der Waals surface area contributed by atoms with E-state index in [2.05, 4.69) is 5.10 Å². The van der Waals surface area contributed by atoms with E-state index >= 15 is 0 Å². The molecule has 0 saturated heterocycles. The van der Waals surface area contributed by atoms with E-state index in [0.29, 0.717) is 18.7 Å². The van der Waals surface area contributed by atoms with Crippen LogP contribution in [0.4, 0.5) is 5.69 Å². The first-order chi connectivity index (χ1) is 10.0. The lowest BCUT2D eigenvalue weighted by Crippen LogP contribution is -2.35. The molecule has 0 saturated carbocycles. The van der Waals surface area contributed by atoms with Crippen LogP contribution < -0.4 is 5.01 Å². The molecule has 21 heavy (non-hydrogen) atoms. The summed E-state index contributed by atoms with van der Waals surface area (Å²) in [6.45, 7) is 6.18. The van der Waals surface area contributed by atoms with Crippen molar-refractivity contribution in [3.8, 4) is 0 Å². The number of ether oxygens (including phenoxy) is 1. The highest BCUT2D eigenvalue weighted by Gasteiger charge is 2.27. The summed E-state index contributed by atoms with van der Waals surface area (Å²) in [4.78, 5) is 24.0. The Balaban J connectivity index is 2.30. The van der Waals surface area contributed by atoms with Crippen LogP contribution in [0.3, 0.4) is 0 Å². The van der Waals surface area contributed by atoms with Crippen LogP contribution in [0, 0.1) is 13.8 Å². The molecule has 1 heterocycles. The van der Waals surface area contributed by atoms with Crippen LogP contribution >= 0.6 is 0 Å². The fourth-order valence-electron chi connectivity index (χ4n) is 2.11. The number of esters is 1. The molecule has 0 radical (unpaired) electrons. The summed E-state index contributed by atoms with van der Waals surface area (Å²) in [5.41, 5.74) is 3.02. The summed E-state index contributed by atoms with van der Waals surface area (Å²) in [5, 5.41) is 5.54. The van der Waals surface area contributed by atoms with Crippen molar-refractivity contribution in [2.75, 3.05) is 11.6 Å². The average Bonchev–Trinajstić information content (AvgIpc) is 2.48. The molecule has 1 aromatic carbocycles. The lowest BCUT2D eigenvalue weighted by molar-refractivity contribution is -0.135. The first-order valence-electron chi connectivity index (χ1n) is 7.17. The molecule has 0 aromatic heterocycles. The van der Waals surface area contributed by atoms with E-state index in [9.17, 15) is 9.59 Å². The van der Waals surface area contributed by atoms with Gasteiger partial charge in [-0.2, -0.15) is 10.1 Å². The lowest BCUT2D eigenvalue weighted by Gasteiger charge is -2.24. The first-order valence-corrected chi connectivity index (χ1v) is 7.17. The van der Waals surface area contributed by atoms with Gasteiger partial charge in [-0.05, 0) is 37.5 Å². The predicted molar refractivity (Wildman–Crippen MR) is 81.3 cm³/mol. The number of carbonyl (C=O) groups excluding carboxylic acids is 2. The third kappa shape index (κ3) is 3.48. The Bertz CT molecular complexity index is 593. The number of rotatable bonds is 4. The molecule has 0 N–H and O–H groups in total. The van der Waals surface area contributed by atoms with Gasteiger partial charge in [0.25, 0.3) is 0 Å². The number of carbonyl (C=O) groups is 2. The predicted octanol–water partition coefficient (Wildman–Crippen LogP) is 2.74. The number of hydrazone groups is 1. The van der Waals surface area contributed by atoms with Gasteiger partial charge in [0.1, 0.15) is 5.71 Å². The maximum atomic E-state index is 12.1. The Morgan fingerprint density at radius 3 is 2.81 bits per heavy atom. The van der Waals surface area contributed by atoms with Crippen LogP contribution in [0.15, 0.2) is 23.3 Å². The minimum atomic E-state index is -0.431. The summed E-state index contributed by atoms with van der Waals surface area (Å²) >= 11 is 0. The van der Waals surface area contributed by atoms with Crippen LogP contribution in [-0.4, -0.2) is 24.2 Å². The molecule has 0 aliphatic carbocycles.